The summed E-state index contributed by atoms with van der Waals surface area (Å²) >= 11 is 0. The van der Waals surface area contributed by atoms with Gasteiger partial charge in [0.05, 0.1) is 6.10 Å². The van der Waals surface area contributed by atoms with Crippen LogP contribution in [0.15, 0.2) is 0 Å². The molecule has 3 atom stereocenters. The minimum absolute atomic E-state index is 0.0550. The summed E-state index contributed by atoms with van der Waals surface area (Å²) in [6.45, 7) is 2.24. The van der Waals surface area contributed by atoms with Gasteiger partial charge in [0.15, 0.2) is 0 Å². The second-order valence-corrected chi connectivity index (χ2v) is 4.68. The molecule has 0 aromatic rings. The van der Waals surface area contributed by atoms with Gasteiger partial charge in [-0.05, 0) is 37.0 Å². The molecule has 1 N–H and O–H groups in total. The van der Waals surface area contributed by atoms with Gasteiger partial charge in [-0.2, -0.15) is 0 Å². The Kier molecular flexibility index (Phi) is 2.16. The van der Waals surface area contributed by atoms with Crippen LogP contribution in [-0.2, 0) is 0 Å². The molecule has 2 rings (SSSR count). The van der Waals surface area contributed by atoms with E-state index in [1.165, 1.54) is 38.5 Å². The van der Waals surface area contributed by atoms with E-state index in [-0.39, 0.29) is 6.10 Å². The molecule has 0 radical (unpaired) electrons. The van der Waals surface area contributed by atoms with Crippen molar-refractivity contribution in [2.45, 2.75) is 58.0 Å². The van der Waals surface area contributed by atoms with Crippen LogP contribution in [0.5, 0.6) is 0 Å². The molecule has 0 saturated heterocycles. The third-order valence-electron chi connectivity index (χ3n) is 3.98. The lowest BCUT2D eigenvalue weighted by Crippen LogP contribution is -2.18. The fraction of sp³-hybridized carbons (Fsp3) is 1.00. The van der Waals surface area contributed by atoms with E-state index in [4.69, 9.17) is 0 Å². The minimum atomic E-state index is 0.0550. The van der Waals surface area contributed by atoms with Crippen LogP contribution in [0, 0.1) is 11.3 Å². The Balaban J connectivity index is 1.80. The molecule has 0 bridgehead atoms. The molecular weight excluding hydrogens is 148 g/mol. The SMILES string of the molecule is CCCCCC12CC1CCC2O. The number of fused-ring (bicyclic) bond motifs is 1. The maximum absolute atomic E-state index is 9.79. The van der Waals surface area contributed by atoms with Crippen molar-refractivity contribution in [2.24, 2.45) is 11.3 Å². The highest BCUT2D eigenvalue weighted by atomic mass is 16.3. The van der Waals surface area contributed by atoms with Crippen LogP contribution >= 0.6 is 0 Å². The molecule has 0 aromatic carbocycles. The zero-order chi connectivity index (χ0) is 8.60. The largest absolute Gasteiger partial charge is 0.393 e. The molecule has 0 aromatic heterocycles. The summed E-state index contributed by atoms with van der Waals surface area (Å²) in [6, 6.07) is 0. The summed E-state index contributed by atoms with van der Waals surface area (Å²) in [5.41, 5.74) is 0.426. The Morgan fingerprint density at radius 1 is 1.33 bits per heavy atom. The van der Waals surface area contributed by atoms with Gasteiger partial charge in [0.25, 0.3) is 0 Å². The minimum Gasteiger partial charge on any atom is -0.393 e. The summed E-state index contributed by atoms with van der Waals surface area (Å²) in [5, 5.41) is 9.79. The molecule has 2 fully saturated rings. The van der Waals surface area contributed by atoms with Gasteiger partial charge in [0.1, 0.15) is 0 Å². The third-order valence-corrected chi connectivity index (χ3v) is 3.98. The highest BCUT2D eigenvalue weighted by Gasteiger charge is 2.61. The maximum atomic E-state index is 9.79. The van der Waals surface area contributed by atoms with Crippen LogP contribution in [0.2, 0.25) is 0 Å². The second-order valence-electron chi connectivity index (χ2n) is 4.68. The standard InChI is InChI=1S/C11H20O/c1-2-3-4-7-11-8-9(11)5-6-10(11)12/h9-10,12H,2-8H2,1H3. The molecule has 2 aliphatic carbocycles. The van der Waals surface area contributed by atoms with Gasteiger partial charge < -0.3 is 5.11 Å². The molecular formula is C11H20O. The van der Waals surface area contributed by atoms with Gasteiger partial charge in [-0.3, -0.25) is 0 Å². The van der Waals surface area contributed by atoms with E-state index >= 15 is 0 Å². The molecule has 2 aliphatic rings. The van der Waals surface area contributed by atoms with Crippen molar-refractivity contribution in [3.8, 4) is 0 Å². The van der Waals surface area contributed by atoms with E-state index in [1.807, 2.05) is 0 Å². The predicted molar refractivity (Wildman–Crippen MR) is 49.9 cm³/mol. The number of rotatable bonds is 4. The Bertz CT molecular complexity index is 166. The van der Waals surface area contributed by atoms with Crippen molar-refractivity contribution >= 4 is 0 Å². The summed E-state index contributed by atoms with van der Waals surface area (Å²) in [6.07, 6.45) is 9.05. The Morgan fingerprint density at radius 3 is 2.67 bits per heavy atom. The summed E-state index contributed by atoms with van der Waals surface area (Å²) in [5.74, 6) is 0.907. The fourth-order valence-electron chi connectivity index (χ4n) is 3.02. The van der Waals surface area contributed by atoms with E-state index in [2.05, 4.69) is 6.92 Å². The van der Waals surface area contributed by atoms with Crippen LogP contribution < -0.4 is 0 Å². The summed E-state index contributed by atoms with van der Waals surface area (Å²) < 4.78 is 0. The molecule has 3 unspecified atom stereocenters. The summed E-state index contributed by atoms with van der Waals surface area (Å²) in [4.78, 5) is 0. The van der Waals surface area contributed by atoms with E-state index in [9.17, 15) is 5.11 Å². The smallest absolute Gasteiger partial charge is 0.0599 e. The van der Waals surface area contributed by atoms with Crippen molar-refractivity contribution in [3.05, 3.63) is 0 Å². The Morgan fingerprint density at radius 2 is 2.17 bits per heavy atom. The van der Waals surface area contributed by atoms with Crippen molar-refractivity contribution in [3.63, 3.8) is 0 Å². The van der Waals surface area contributed by atoms with Crippen LogP contribution in [0.4, 0.5) is 0 Å². The highest BCUT2D eigenvalue weighted by molar-refractivity contribution is 5.11. The Labute approximate surface area is 75.2 Å². The average molecular weight is 168 g/mol. The van der Waals surface area contributed by atoms with Gasteiger partial charge >= 0.3 is 0 Å². The van der Waals surface area contributed by atoms with Gasteiger partial charge in [0, 0.05) is 0 Å². The molecule has 0 aliphatic heterocycles. The van der Waals surface area contributed by atoms with E-state index < -0.39 is 0 Å². The quantitative estimate of drug-likeness (QED) is 0.640. The van der Waals surface area contributed by atoms with Crippen LogP contribution in [-0.4, -0.2) is 11.2 Å². The third kappa shape index (κ3) is 1.19. The second kappa shape index (κ2) is 3.02. The Hall–Kier alpha value is -0.0400. The van der Waals surface area contributed by atoms with Crippen molar-refractivity contribution in [2.75, 3.05) is 0 Å². The molecule has 0 amide bonds. The molecule has 0 heterocycles. The molecule has 12 heavy (non-hydrogen) atoms. The molecule has 1 nitrogen and oxygen atoms in total. The van der Waals surface area contributed by atoms with E-state index in [0.717, 1.165) is 12.3 Å². The first-order valence-corrected chi connectivity index (χ1v) is 5.47. The van der Waals surface area contributed by atoms with Gasteiger partial charge in [-0.15, -0.1) is 0 Å². The lowest BCUT2D eigenvalue weighted by molar-refractivity contribution is 0.0969. The lowest BCUT2D eigenvalue weighted by atomic mass is 9.93. The van der Waals surface area contributed by atoms with Gasteiger partial charge in [0.2, 0.25) is 0 Å². The number of aliphatic hydroxyl groups excluding tert-OH is 1. The number of hydrogen-bond donors (Lipinski definition) is 1. The van der Waals surface area contributed by atoms with Crippen LogP contribution in [0.3, 0.4) is 0 Å². The van der Waals surface area contributed by atoms with Crippen LogP contribution in [0.1, 0.15) is 51.9 Å². The zero-order valence-corrected chi connectivity index (χ0v) is 8.05. The highest BCUT2D eigenvalue weighted by Crippen LogP contribution is 2.66. The van der Waals surface area contributed by atoms with Gasteiger partial charge in [-0.25, -0.2) is 0 Å². The molecule has 1 heteroatoms. The summed E-state index contributed by atoms with van der Waals surface area (Å²) in [7, 11) is 0. The van der Waals surface area contributed by atoms with Crippen molar-refractivity contribution in [1.29, 1.82) is 0 Å². The van der Waals surface area contributed by atoms with Crippen LogP contribution in [0.25, 0.3) is 0 Å². The zero-order valence-electron chi connectivity index (χ0n) is 8.05. The first-order chi connectivity index (χ1) is 5.79. The first-order valence-electron chi connectivity index (χ1n) is 5.47. The van der Waals surface area contributed by atoms with Gasteiger partial charge in [-0.1, -0.05) is 26.2 Å². The normalized spacial score (nSPS) is 44.5. The fourth-order valence-corrected chi connectivity index (χ4v) is 3.02. The predicted octanol–water partition coefficient (Wildman–Crippen LogP) is 2.73. The van der Waals surface area contributed by atoms with Crippen molar-refractivity contribution in [1.82, 2.24) is 0 Å². The molecule has 70 valence electrons. The van der Waals surface area contributed by atoms with E-state index in [0.29, 0.717) is 5.41 Å². The maximum Gasteiger partial charge on any atom is 0.0599 e. The monoisotopic (exact) mass is 168 g/mol. The average Bonchev–Trinajstić information content (AvgIpc) is 2.70. The lowest BCUT2D eigenvalue weighted by Gasteiger charge is -2.17. The first kappa shape index (κ1) is 8.55. The number of unbranched alkanes of at least 4 members (excludes halogenated alkanes) is 2. The molecule has 0 spiro atoms. The van der Waals surface area contributed by atoms with E-state index in [1.54, 1.807) is 0 Å². The molecule has 2 saturated carbocycles. The van der Waals surface area contributed by atoms with Crippen molar-refractivity contribution < 1.29 is 5.11 Å². The topological polar surface area (TPSA) is 20.2 Å². The number of aliphatic hydroxyl groups is 1. The number of hydrogen-bond acceptors (Lipinski definition) is 1.